The molecule has 25 heavy (non-hydrogen) atoms. The van der Waals surface area contributed by atoms with E-state index in [0.717, 1.165) is 12.8 Å². The Bertz CT molecular complexity index is 655. The van der Waals surface area contributed by atoms with Crippen LogP contribution in [0, 0.1) is 11.3 Å². The second-order valence-electron chi connectivity index (χ2n) is 8.25. The Balaban J connectivity index is 2.28. The summed E-state index contributed by atoms with van der Waals surface area (Å²) in [5, 5.41) is 22.9. The maximum atomic E-state index is 12.9. The molecule has 1 amide bonds. The Morgan fingerprint density at radius 3 is 2.40 bits per heavy atom. The van der Waals surface area contributed by atoms with Crippen LogP contribution in [0.3, 0.4) is 0 Å². The number of amides is 1. The molecular formula is C19H29NO4Sn. The molecule has 1 aliphatic carbocycles. The second kappa shape index (κ2) is 7.66. The quantitative estimate of drug-likeness (QED) is 0.472. The SMILES string of the molecule is CC(C(=O)O)(C(=O)Nc1ccc[c]([Sn]([CH3])([CH3])[CH3])c1)C1CCCCC1O. The number of hydrogen-bond donors (Lipinski definition) is 3. The maximum absolute atomic E-state index is 12.9. The Morgan fingerprint density at radius 1 is 1.20 bits per heavy atom. The molecular weight excluding hydrogens is 425 g/mol. The van der Waals surface area contributed by atoms with Crippen molar-refractivity contribution in [1.82, 2.24) is 0 Å². The molecule has 0 aliphatic heterocycles. The predicted molar refractivity (Wildman–Crippen MR) is 102 cm³/mol. The first kappa shape index (κ1) is 20.2. The number of hydrogen-bond acceptors (Lipinski definition) is 3. The van der Waals surface area contributed by atoms with E-state index in [1.807, 2.05) is 12.1 Å². The van der Waals surface area contributed by atoms with Crippen molar-refractivity contribution in [3.63, 3.8) is 0 Å². The van der Waals surface area contributed by atoms with Crippen LogP contribution < -0.4 is 8.90 Å². The van der Waals surface area contributed by atoms with Crippen molar-refractivity contribution >= 4 is 39.5 Å². The van der Waals surface area contributed by atoms with Crippen molar-refractivity contribution in [1.29, 1.82) is 0 Å². The standard InChI is InChI=1S/C16H20NO4.3CH3.Sn/c1-16(15(20)21,12-9-5-6-10-13(12)18)14(19)17-11-7-3-2-4-8-11;;;;/h2-3,7-8,12-13,18H,5-6,9-10H2,1H3,(H,17,19)(H,20,21);3*1H3;. The Morgan fingerprint density at radius 2 is 1.84 bits per heavy atom. The van der Waals surface area contributed by atoms with Gasteiger partial charge in [0.15, 0.2) is 0 Å². The van der Waals surface area contributed by atoms with Crippen LogP contribution in [-0.2, 0) is 9.59 Å². The van der Waals surface area contributed by atoms with Crippen molar-refractivity contribution in [3.8, 4) is 0 Å². The fourth-order valence-corrected chi connectivity index (χ4v) is 6.91. The minimum absolute atomic E-state index is 0.549. The number of benzene rings is 1. The van der Waals surface area contributed by atoms with Crippen LogP contribution in [-0.4, -0.2) is 46.6 Å². The molecule has 0 aromatic heterocycles. The van der Waals surface area contributed by atoms with Gasteiger partial charge < -0.3 is 0 Å². The summed E-state index contributed by atoms with van der Waals surface area (Å²) in [5.41, 5.74) is -1.01. The molecule has 0 bridgehead atoms. The Kier molecular flexibility index (Phi) is 6.20. The van der Waals surface area contributed by atoms with Gasteiger partial charge in [-0.25, -0.2) is 0 Å². The molecule has 3 atom stereocenters. The van der Waals surface area contributed by atoms with E-state index < -0.39 is 47.7 Å². The molecule has 138 valence electrons. The van der Waals surface area contributed by atoms with Crippen LogP contribution in [0.4, 0.5) is 5.69 Å². The van der Waals surface area contributed by atoms with Gasteiger partial charge in [-0.1, -0.05) is 0 Å². The molecule has 0 radical (unpaired) electrons. The van der Waals surface area contributed by atoms with E-state index in [1.54, 1.807) is 6.07 Å². The summed E-state index contributed by atoms with van der Waals surface area (Å²) in [6, 6.07) is 7.74. The molecule has 6 heteroatoms. The first-order valence-corrected chi connectivity index (χ1v) is 18.9. The average Bonchev–Trinajstić information content (AvgIpc) is 2.53. The number of aliphatic hydroxyl groups excluding tert-OH is 1. The first-order chi connectivity index (χ1) is 11.6. The fourth-order valence-electron chi connectivity index (χ4n) is 3.53. The molecule has 0 saturated heterocycles. The van der Waals surface area contributed by atoms with E-state index in [4.69, 9.17) is 0 Å². The summed E-state index contributed by atoms with van der Waals surface area (Å²) in [6.07, 6.45) is 2.06. The summed E-state index contributed by atoms with van der Waals surface area (Å²) < 4.78 is 1.27. The van der Waals surface area contributed by atoms with E-state index in [2.05, 4.69) is 26.2 Å². The van der Waals surface area contributed by atoms with Crippen LogP contribution in [0.25, 0.3) is 0 Å². The summed E-state index contributed by atoms with van der Waals surface area (Å²) in [5.74, 6) is -2.29. The third kappa shape index (κ3) is 4.37. The van der Waals surface area contributed by atoms with Crippen molar-refractivity contribution in [2.45, 2.75) is 53.5 Å². The van der Waals surface area contributed by atoms with Crippen molar-refractivity contribution in [3.05, 3.63) is 24.3 Å². The summed E-state index contributed by atoms with van der Waals surface area (Å²) in [7, 11) is 0. The van der Waals surface area contributed by atoms with E-state index >= 15 is 0 Å². The Hall–Kier alpha value is -1.08. The van der Waals surface area contributed by atoms with Gasteiger partial charge in [0.1, 0.15) is 0 Å². The van der Waals surface area contributed by atoms with E-state index in [-0.39, 0.29) is 0 Å². The van der Waals surface area contributed by atoms with Crippen LogP contribution in [0.1, 0.15) is 32.6 Å². The monoisotopic (exact) mass is 455 g/mol. The van der Waals surface area contributed by atoms with Gasteiger partial charge in [0, 0.05) is 0 Å². The summed E-state index contributed by atoms with van der Waals surface area (Å²) in [4.78, 5) is 31.7. The minimum atomic E-state index is -2.28. The van der Waals surface area contributed by atoms with E-state index in [1.165, 1.54) is 10.5 Å². The number of carboxylic acid groups (broad SMARTS) is 1. The molecule has 0 heterocycles. The van der Waals surface area contributed by atoms with E-state index in [9.17, 15) is 19.8 Å². The molecule has 2 rings (SSSR count). The van der Waals surface area contributed by atoms with Crippen LogP contribution in [0.15, 0.2) is 24.3 Å². The number of carbonyl (C=O) groups is 2. The van der Waals surface area contributed by atoms with Gasteiger partial charge >= 0.3 is 154 Å². The molecule has 1 aromatic rings. The van der Waals surface area contributed by atoms with Gasteiger partial charge in [0.2, 0.25) is 0 Å². The second-order valence-corrected chi connectivity index (χ2v) is 22.7. The van der Waals surface area contributed by atoms with Gasteiger partial charge in [-0.15, -0.1) is 0 Å². The van der Waals surface area contributed by atoms with Gasteiger partial charge in [0.25, 0.3) is 0 Å². The number of carbonyl (C=O) groups excluding carboxylic acids is 1. The topological polar surface area (TPSA) is 86.6 Å². The summed E-state index contributed by atoms with van der Waals surface area (Å²) in [6.45, 7) is 1.44. The summed E-state index contributed by atoms with van der Waals surface area (Å²) >= 11 is -2.28. The zero-order chi connectivity index (χ0) is 18.8. The average molecular weight is 454 g/mol. The van der Waals surface area contributed by atoms with Gasteiger partial charge in [-0.3, -0.25) is 0 Å². The number of nitrogens with one attached hydrogen (secondary N) is 1. The number of carboxylic acids is 1. The van der Waals surface area contributed by atoms with Crippen molar-refractivity contribution < 1.29 is 19.8 Å². The number of aliphatic hydroxyl groups is 1. The van der Waals surface area contributed by atoms with Crippen LogP contribution >= 0.6 is 0 Å². The third-order valence-corrected chi connectivity index (χ3v) is 11.2. The molecule has 1 aliphatic rings. The van der Waals surface area contributed by atoms with Gasteiger partial charge in [-0.05, 0) is 0 Å². The van der Waals surface area contributed by atoms with Crippen LogP contribution in [0.5, 0.6) is 0 Å². The van der Waals surface area contributed by atoms with Crippen molar-refractivity contribution in [2.24, 2.45) is 11.3 Å². The first-order valence-electron chi connectivity index (χ1n) is 8.90. The molecule has 0 spiro atoms. The molecule has 5 nitrogen and oxygen atoms in total. The number of aliphatic carboxylic acids is 1. The molecule has 1 fully saturated rings. The normalized spacial score (nSPS) is 23.6. The zero-order valence-electron chi connectivity index (χ0n) is 15.5. The fraction of sp³-hybridized carbons (Fsp3) is 0.579. The Labute approximate surface area is 153 Å². The molecule has 3 N–H and O–H groups in total. The number of rotatable bonds is 5. The molecule has 3 unspecified atom stereocenters. The van der Waals surface area contributed by atoms with Gasteiger partial charge in [-0.2, -0.15) is 0 Å². The van der Waals surface area contributed by atoms with Crippen LogP contribution in [0.2, 0.25) is 14.8 Å². The number of anilines is 1. The van der Waals surface area contributed by atoms with Crippen molar-refractivity contribution in [2.75, 3.05) is 5.32 Å². The predicted octanol–water partition coefficient (Wildman–Crippen LogP) is 2.81. The van der Waals surface area contributed by atoms with E-state index in [0.29, 0.717) is 18.5 Å². The third-order valence-electron chi connectivity index (χ3n) is 5.37. The molecule has 1 saturated carbocycles. The zero-order valence-corrected chi connectivity index (χ0v) is 18.4. The molecule has 1 aromatic carbocycles. The van der Waals surface area contributed by atoms with Gasteiger partial charge in [0.05, 0.1) is 0 Å².